The van der Waals surface area contributed by atoms with E-state index in [1.54, 1.807) is 4.90 Å². The van der Waals surface area contributed by atoms with Crippen molar-refractivity contribution in [3.8, 4) is 23.6 Å². The molecule has 3 heterocycles. The SMILES string of the molecule is Cc1nc(Oc2ccc(C#N)cc2F)c(F)c(OC2C3COCC2CN(C(=O)OC2(C)CC2)C3)n1. The van der Waals surface area contributed by atoms with Gasteiger partial charge < -0.3 is 23.8 Å². The second kappa shape index (κ2) is 8.92. The van der Waals surface area contributed by atoms with Crippen LogP contribution in [0.1, 0.15) is 31.2 Å². The molecule has 1 aliphatic carbocycles. The molecule has 35 heavy (non-hydrogen) atoms. The van der Waals surface area contributed by atoms with Crippen LogP contribution in [0, 0.1) is 41.7 Å². The maximum atomic E-state index is 15.3. The van der Waals surface area contributed by atoms with E-state index in [0.717, 1.165) is 18.9 Å². The number of benzene rings is 1. The van der Waals surface area contributed by atoms with Crippen molar-refractivity contribution < 1.29 is 32.5 Å². The number of halogens is 2. The molecular weight excluding hydrogens is 462 g/mol. The van der Waals surface area contributed by atoms with Gasteiger partial charge in [-0.1, -0.05) is 0 Å². The summed E-state index contributed by atoms with van der Waals surface area (Å²) in [6.07, 6.45) is 0.909. The van der Waals surface area contributed by atoms with E-state index >= 15 is 4.39 Å². The molecule has 0 spiro atoms. The highest BCUT2D eigenvalue weighted by Gasteiger charge is 2.47. The molecule has 1 aromatic heterocycles. The average Bonchev–Trinajstić information content (AvgIpc) is 3.54. The summed E-state index contributed by atoms with van der Waals surface area (Å²) in [4.78, 5) is 22.3. The number of amides is 1. The normalized spacial score (nSPS) is 24.3. The Morgan fingerprint density at radius 2 is 1.89 bits per heavy atom. The predicted octanol–water partition coefficient (Wildman–Crippen LogP) is 3.74. The Hall–Kier alpha value is -3.52. The Balaban J connectivity index is 1.33. The monoisotopic (exact) mass is 486 g/mol. The minimum Gasteiger partial charge on any atom is -0.471 e. The molecule has 0 radical (unpaired) electrons. The van der Waals surface area contributed by atoms with Gasteiger partial charge in [0.2, 0.25) is 5.82 Å². The van der Waals surface area contributed by atoms with E-state index in [-0.39, 0.29) is 46.5 Å². The molecule has 1 saturated carbocycles. The van der Waals surface area contributed by atoms with E-state index in [2.05, 4.69) is 9.97 Å². The van der Waals surface area contributed by atoms with E-state index in [1.807, 2.05) is 13.0 Å². The number of aromatic nitrogens is 2. The summed E-state index contributed by atoms with van der Waals surface area (Å²) in [5.41, 5.74) is -0.268. The standard InChI is InChI=1S/C24H24F2N4O5/c1-13-28-21(33-18-4-3-14(8-27)7-17(18)25)19(26)22(29-13)34-20-15-9-30(10-16(20)12-32-11-15)23(31)35-24(2)5-6-24/h3-4,7,15-16,20H,5-6,9-12H2,1-2H3. The molecule has 5 rings (SSSR count). The number of carbonyl (C=O) groups excluding carboxylic acids is 1. The van der Waals surface area contributed by atoms with Gasteiger partial charge in [0.25, 0.3) is 11.8 Å². The first-order valence-electron chi connectivity index (χ1n) is 11.4. The van der Waals surface area contributed by atoms with E-state index in [0.29, 0.717) is 26.3 Å². The molecule has 2 atom stereocenters. The Morgan fingerprint density at radius 3 is 2.51 bits per heavy atom. The molecule has 2 aromatic rings. The van der Waals surface area contributed by atoms with Crippen LogP contribution in [0.3, 0.4) is 0 Å². The number of rotatable bonds is 5. The third kappa shape index (κ3) is 4.84. The first-order chi connectivity index (χ1) is 16.7. The fourth-order valence-electron chi connectivity index (χ4n) is 4.33. The molecular formula is C24H24F2N4O5. The van der Waals surface area contributed by atoms with Crippen LogP contribution in [-0.2, 0) is 9.47 Å². The summed E-state index contributed by atoms with van der Waals surface area (Å²) in [5.74, 6) is -3.13. The maximum Gasteiger partial charge on any atom is 0.410 e. The fourth-order valence-corrected chi connectivity index (χ4v) is 4.33. The molecule has 184 valence electrons. The van der Waals surface area contributed by atoms with Gasteiger partial charge in [-0.2, -0.15) is 19.6 Å². The number of hydrogen-bond acceptors (Lipinski definition) is 8. The van der Waals surface area contributed by atoms with Crippen LogP contribution in [0.4, 0.5) is 13.6 Å². The van der Waals surface area contributed by atoms with E-state index < -0.39 is 23.6 Å². The van der Waals surface area contributed by atoms with Crippen LogP contribution in [0.2, 0.25) is 0 Å². The first kappa shape index (κ1) is 23.2. The number of hydrogen-bond donors (Lipinski definition) is 0. The molecule has 9 nitrogen and oxygen atoms in total. The molecule has 2 unspecified atom stereocenters. The fraction of sp³-hybridized carbons (Fsp3) is 0.500. The van der Waals surface area contributed by atoms with Gasteiger partial charge in [-0.15, -0.1) is 0 Å². The molecule has 2 aliphatic heterocycles. The Labute approximate surface area is 200 Å². The van der Waals surface area contributed by atoms with Gasteiger partial charge in [0, 0.05) is 24.9 Å². The zero-order chi connectivity index (χ0) is 24.7. The zero-order valence-corrected chi connectivity index (χ0v) is 19.3. The number of piperidine rings is 1. The van der Waals surface area contributed by atoms with Crippen LogP contribution in [0.15, 0.2) is 18.2 Å². The van der Waals surface area contributed by atoms with Crippen molar-refractivity contribution in [2.45, 2.75) is 38.4 Å². The van der Waals surface area contributed by atoms with Gasteiger partial charge in [-0.25, -0.2) is 9.18 Å². The summed E-state index contributed by atoms with van der Waals surface area (Å²) in [6, 6.07) is 5.39. The van der Waals surface area contributed by atoms with Crippen LogP contribution in [-0.4, -0.2) is 59.0 Å². The van der Waals surface area contributed by atoms with Crippen molar-refractivity contribution >= 4 is 6.09 Å². The quantitative estimate of drug-likeness (QED) is 0.629. The van der Waals surface area contributed by atoms with Gasteiger partial charge in [-0.05, 0) is 44.9 Å². The minimum absolute atomic E-state index is 0.105. The van der Waals surface area contributed by atoms with Gasteiger partial charge in [0.1, 0.15) is 17.5 Å². The van der Waals surface area contributed by atoms with E-state index in [4.69, 9.17) is 24.2 Å². The van der Waals surface area contributed by atoms with Crippen molar-refractivity contribution in [1.82, 2.24) is 14.9 Å². The third-order valence-electron chi connectivity index (χ3n) is 6.47. The largest absolute Gasteiger partial charge is 0.471 e. The predicted molar refractivity (Wildman–Crippen MR) is 116 cm³/mol. The van der Waals surface area contributed by atoms with Gasteiger partial charge in [-0.3, -0.25) is 0 Å². The molecule has 0 N–H and O–H groups in total. The molecule has 2 bridgehead atoms. The Kier molecular flexibility index (Phi) is 5.92. The van der Waals surface area contributed by atoms with Crippen molar-refractivity contribution in [2.75, 3.05) is 26.3 Å². The number of nitriles is 1. The first-order valence-corrected chi connectivity index (χ1v) is 11.4. The number of carbonyl (C=O) groups is 1. The van der Waals surface area contributed by atoms with Crippen molar-refractivity contribution in [3.05, 3.63) is 41.2 Å². The van der Waals surface area contributed by atoms with Gasteiger partial charge in [0.05, 0.1) is 24.8 Å². The third-order valence-corrected chi connectivity index (χ3v) is 6.47. The Bertz CT molecular complexity index is 1190. The minimum atomic E-state index is -0.971. The number of fused-ring (bicyclic) bond motifs is 2. The lowest BCUT2D eigenvalue weighted by atomic mass is 9.84. The van der Waals surface area contributed by atoms with Crippen molar-refractivity contribution in [1.29, 1.82) is 5.26 Å². The lowest BCUT2D eigenvalue weighted by Crippen LogP contribution is -2.59. The van der Waals surface area contributed by atoms with Crippen LogP contribution in [0.5, 0.6) is 17.5 Å². The zero-order valence-electron chi connectivity index (χ0n) is 19.3. The lowest BCUT2D eigenvalue weighted by Gasteiger charge is -2.46. The highest BCUT2D eigenvalue weighted by Crippen LogP contribution is 2.40. The van der Waals surface area contributed by atoms with Crippen LogP contribution < -0.4 is 9.47 Å². The van der Waals surface area contributed by atoms with E-state index in [1.165, 1.54) is 19.1 Å². The lowest BCUT2D eigenvalue weighted by molar-refractivity contribution is -0.112. The smallest absolute Gasteiger partial charge is 0.410 e. The highest BCUT2D eigenvalue weighted by atomic mass is 19.1. The summed E-state index contributed by atoms with van der Waals surface area (Å²) in [6.45, 7) is 4.83. The number of ether oxygens (including phenoxy) is 4. The number of aryl methyl sites for hydroxylation is 1. The molecule has 11 heteroatoms. The molecule has 2 saturated heterocycles. The summed E-state index contributed by atoms with van der Waals surface area (Å²) in [7, 11) is 0. The summed E-state index contributed by atoms with van der Waals surface area (Å²) < 4.78 is 52.2. The van der Waals surface area contributed by atoms with Gasteiger partial charge >= 0.3 is 6.09 Å². The summed E-state index contributed by atoms with van der Waals surface area (Å²) in [5, 5.41) is 8.89. The number of nitrogens with zero attached hydrogens (tertiary/aromatic N) is 4. The van der Waals surface area contributed by atoms with Crippen LogP contribution >= 0.6 is 0 Å². The molecule has 3 aliphatic rings. The molecule has 3 fully saturated rings. The topological polar surface area (TPSA) is 107 Å². The maximum absolute atomic E-state index is 15.3. The van der Waals surface area contributed by atoms with Crippen molar-refractivity contribution in [3.63, 3.8) is 0 Å². The number of likely N-dealkylation sites (tertiary alicyclic amines) is 1. The second-order valence-electron chi connectivity index (χ2n) is 9.42. The van der Waals surface area contributed by atoms with Crippen molar-refractivity contribution in [2.24, 2.45) is 11.8 Å². The second-order valence-corrected chi connectivity index (χ2v) is 9.42. The molecule has 1 aromatic carbocycles. The Morgan fingerprint density at radius 1 is 1.20 bits per heavy atom. The molecule has 1 amide bonds. The van der Waals surface area contributed by atoms with Crippen LogP contribution in [0.25, 0.3) is 0 Å². The van der Waals surface area contributed by atoms with Gasteiger partial charge in [0.15, 0.2) is 11.6 Å². The highest BCUT2D eigenvalue weighted by molar-refractivity contribution is 5.68. The summed E-state index contributed by atoms with van der Waals surface area (Å²) >= 11 is 0. The average molecular weight is 486 g/mol. The van der Waals surface area contributed by atoms with E-state index in [9.17, 15) is 9.18 Å².